The number of hydrogen-bond donors (Lipinski definition) is 2. The average Bonchev–Trinajstić information content (AvgIpc) is 2.57. The highest BCUT2D eigenvalue weighted by molar-refractivity contribution is 5.88. The highest BCUT2D eigenvalue weighted by Gasteiger charge is 2.23. The van der Waals surface area contributed by atoms with E-state index in [2.05, 4.69) is 11.9 Å². The summed E-state index contributed by atoms with van der Waals surface area (Å²) in [5.41, 5.74) is 1.81. The van der Waals surface area contributed by atoms with Crippen molar-refractivity contribution in [1.82, 2.24) is 4.98 Å². The number of aryl methyl sites for hydroxylation is 1. The van der Waals surface area contributed by atoms with Gasteiger partial charge in [-0.05, 0) is 31.9 Å². The molecule has 2 rings (SSSR count). The standard InChI is InChI=1S/C18H22N2O3/c1-3-5-11-15-16(17(22)14(12-21)18(23)19-15)20(4-2)13-9-7-6-8-10-13/h6-10,12H,3-5,11H2,1-2H3,(H2,19,22,23). The minimum absolute atomic E-state index is 0.172. The molecule has 23 heavy (non-hydrogen) atoms. The maximum absolute atomic E-state index is 11.2. The molecule has 0 radical (unpaired) electrons. The van der Waals surface area contributed by atoms with E-state index in [1.807, 2.05) is 42.2 Å². The van der Waals surface area contributed by atoms with Gasteiger partial charge in [0.2, 0.25) is 5.88 Å². The van der Waals surface area contributed by atoms with Gasteiger partial charge in [-0.1, -0.05) is 31.5 Å². The normalized spacial score (nSPS) is 10.5. The van der Waals surface area contributed by atoms with Crippen LogP contribution in [0.15, 0.2) is 30.3 Å². The molecule has 0 fully saturated rings. The molecule has 0 aliphatic heterocycles. The fourth-order valence-corrected chi connectivity index (χ4v) is 2.60. The lowest BCUT2D eigenvalue weighted by atomic mass is 10.1. The van der Waals surface area contributed by atoms with E-state index in [-0.39, 0.29) is 11.3 Å². The summed E-state index contributed by atoms with van der Waals surface area (Å²) in [4.78, 5) is 17.3. The molecule has 0 spiro atoms. The van der Waals surface area contributed by atoms with Crippen molar-refractivity contribution in [3.05, 3.63) is 41.6 Å². The van der Waals surface area contributed by atoms with Crippen LogP contribution in [0, 0.1) is 0 Å². The van der Waals surface area contributed by atoms with Gasteiger partial charge < -0.3 is 15.1 Å². The van der Waals surface area contributed by atoms with Crippen LogP contribution >= 0.6 is 0 Å². The lowest BCUT2D eigenvalue weighted by Crippen LogP contribution is -2.19. The van der Waals surface area contributed by atoms with Crippen LogP contribution in [0.3, 0.4) is 0 Å². The first kappa shape index (κ1) is 16.8. The van der Waals surface area contributed by atoms with E-state index >= 15 is 0 Å². The monoisotopic (exact) mass is 314 g/mol. The van der Waals surface area contributed by atoms with E-state index in [1.54, 1.807) is 0 Å². The van der Waals surface area contributed by atoms with Crippen molar-refractivity contribution in [2.24, 2.45) is 0 Å². The number of para-hydroxylation sites is 1. The number of aromatic nitrogens is 1. The van der Waals surface area contributed by atoms with E-state index in [0.29, 0.717) is 30.6 Å². The van der Waals surface area contributed by atoms with Crippen molar-refractivity contribution < 1.29 is 15.0 Å². The van der Waals surface area contributed by atoms with Gasteiger partial charge in [0.05, 0.1) is 5.69 Å². The Morgan fingerprint density at radius 1 is 1.17 bits per heavy atom. The molecule has 0 aliphatic carbocycles. The number of carbonyl (C=O) groups excluding carboxylic acids is 1. The summed E-state index contributed by atoms with van der Waals surface area (Å²) in [6, 6.07) is 9.60. The van der Waals surface area contributed by atoms with E-state index in [4.69, 9.17) is 0 Å². The summed E-state index contributed by atoms with van der Waals surface area (Å²) in [6.45, 7) is 4.62. The van der Waals surface area contributed by atoms with Gasteiger partial charge in [0.25, 0.3) is 0 Å². The first-order valence-corrected chi connectivity index (χ1v) is 7.86. The molecular formula is C18H22N2O3. The topological polar surface area (TPSA) is 73.7 Å². The molecule has 5 nitrogen and oxygen atoms in total. The van der Waals surface area contributed by atoms with E-state index in [1.165, 1.54) is 0 Å². The summed E-state index contributed by atoms with van der Waals surface area (Å²) in [5.74, 6) is -0.638. The smallest absolute Gasteiger partial charge is 0.225 e. The van der Waals surface area contributed by atoms with Crippen LogP contribution in [-0.2, 0) is 6.42 Å². The maximum Gasteiger partial charge on any atom is 0.225 e. The summed E-state index contributed by atoms with van der Waals surface area (Å²) < 4.78 is 0. The van der Waals surface area contributed by atoms with Crippen LogP contribution in [-0.4, -0.2) is 28.0 Å². The van der Waals surface area contributed by atoms with Crippen molar-refractivity contribution in [3.63, 3.8) is 0 Å². The number of aromatic hydroxyl groups is 2. The fourth-order valence-electron chi connectivity index (χ4n) is 2.60. The molecule has 1 heterocycles. The molecular weight excluding hydrogens is 292 g/mol. The van der Waals surface area contributed by atoms with Gasteiger partial charge in [-0.2, -0.15) is 0 Å². The van der Waals surface area contributed by atoms with E-state index in [0.717, 1.165) is 18.5 Å². The molecule has 0 aliphatic rings. The number of rotatable bonds is 7. The first-order valence-electron chi connectivity index (χ1n) is 7.86. The Morgan fingerprint density at radius 2 is 1.87 bits per heavy atom. The van der Waals surface area contributed by atoms with E-state index < -0.39 is 5.88 Å². The van der Waals surface area contributed by atoms with Crippen molar-refractivity contribution in [1.29, 1.82) is 0 Å². The predicted molar refractivity (Wildman–Crippen MR) is 90.7 cm³/mol. The lowest BCUT2D eigenvalue weighted by Gasteiger charge is -2.27. The summed E-state index contributed by atoms with van der Waals surface area (Å²) in [7, 11) is 0. The van der Waals surface area contributed by atoms with Crippen LogP contribution < -0.4 is 4.90 Å². The van der Waals surface area contributed by atoms with Crippen molar-refractivity contribution in [3.8, 4) is 11.6 Å². The molecule has 0 amide bonds. The Hall–Kier alpha value is -2.56. The number of hydrogen-bond acceptors (Lipinski definition) is 5. The van der Waals surface area contributed by atoms with Gasteiger partial charge in [0.15, 0.2) is 12.0 Å². The Bertz CT molecular complexity index is 672. The van der Waals surface area contributed by atoms with Crippen molar-refractivity contribution in [2.45, 2.75) is 33.1 Å². The molecule has 0 saturated heterocycles. The van der Waals surface area contributed by atoms with Crippen LogP contribution in [0.2, 0.25) is 0 Å². The molecule has 0 unspecified atom stereocenters. The zero-order valence-electron chi connectivity index (χ0n) is 13.5. The number of unbranched alkanes of at least 4 members (excludes halogenated alkanes) is 1. The second-order valence-corrected chi connectivity index (χ2v) is 5.29. The Balaban J connectivity index is 2.63. The van der Waals surface area contributed by atoms with Gasteiger partial charge in [0, 0.05) is 12.2 Å². The third-order valence-electron chi connectivity index (χ3n) is 3.77. The molecule has 2 N–H and O–H groups in total. The van der Waals surface area contributed by atoms with Crippen LogP contribution in [0.4, 0.5) is 11.4 Å². The predicted octanol–water partition coefficient (Wildman–Crippen LogP) is 3.81. The largest absolute Gasteiger partial charge is 0.505 e. The van der Waals surface area contributed by atoms with Crippen LogP contribution in [0.25, 0.3) is 0 Å². The van der Waals surface area contributed by atoms with Crippen LogP contribution in [0.1, 0.15) is 42.7 Å². The second-order valence-electron chi connectivity index (χ2n) is 5.29. The third kappa shape index (κ3) is 3.44. The molecule has 0 bridgehead atoms. The SMILES string of the molecule is CCCCc1nc(O)c(C=O)c(O)c1N(CC)c1ccccc1. The fraction of sp³-hybridized carbons (Fsp3) is 0.333. The molecule has 0 saturated carbocycles. The highest BCUT2D eigenvalue weighted by atomic mass is 16.3. The number of pyridine rings is 1. The summed E-state index contributed by atoms with van der Waals surface area (Å²) in [5, 5.41) is 20.4. The first-order chi connectivity index (χ1) is 11.1. The molecule has 1 aromatic heterocycles. The van der Waals surface area contributed by atoms with Gasteiger partial charge >= 0.3 is 0 Å². The molecule has 1 aromatic carbocycles. The zero-order valence-corrected chi connectivity index (χ0v) is 13.5. The number of aldehydes is 1. The Kier molecular flexibility index (Phi) is 5.57. The molecule has 0 atom stereocenters. The second kappa shape index (κ2) is 7.63. The Labute approximate surface area is 136 Å². The van der Waals surface area contributed by atoms with Gasteiger partial charge in [-0.25, -0.2) is 4.98 Å². The van der Waals surface area contributed by atoms with Crippen molar-refractivity contribution in [2.75, 3.05) is 11.4 Å². The minimum atomic E-state index is -0.420. The summed E-state index contributed by atoms with van der Waals surface area (Å²) >= 11 is 0. The Morgan fingerprint density at radius 3 is 2.43 bits per heavy atom. The van der Waals surface area contributed by atoms with E-state index in [9.17, 15) is 15.0 Å². The average molecular weight is 314 g/mol. The molecule has 2 aromatic rings. The molecule has 122 valence electrons. The quantitative estimate of drug-likeness (QED) is 0.760. The molecule has 5 heteroatoms. The maximum atomic E-state index is 11.2. The van der Waals surface area contributed by atoms with Gasteiger partial charge in [-0.3, -0.25) is 4.79 Å². The third-order valence-corrected chi connectivity index (χ3v) is 3.77. The minimum Gasteiger partial charge on any atom is -0.505 e. The van der Waals surface area contributed by atoms with Gasteiger partial charge in [-0.15, -0.1) is 0 Å². The highest BCUT2D eigenvalue weighted by Crippen LogP contribution is 2.40. The number of anilines is 2. The summed E-state index contributed by atoms with van der Waals surface area (Å²) in [6.07, 6.45) is 2.90. The zero-order chi connectivity index (χ0) is 16.8. The number of benzene rings is 1. The number of carbonyl (C=O) groups is 1. The van der Waals surface area contributed by atoms with Crippen LogP contribution in [0.5, 0.6) is 11.6 Å². The lowest BCUT2D eigenvalue weighted by molar-refractivity contribution is 0.111. The number of nitrogens with zero attached hydrogens (tertiary/aromatic N) is 2. The van der Waals surface area contributed by atoms with Gasteiger partial charge in [0.1, 0.15) is 11.3 Å². The van der Waals surface area contributed by atoms with Crippen molar-refractivity contribution >= 4 is 17.7 Å².